The second-order valence-corrected chi connectivity index (χ2v) is 9.21. The summed E-state index contributed by atoms with van der Waals surface area (Å²) in [6.45, 7) is 3.03. The van der Waals surface area contributed by atoms with Crippen molar-refractivity contribution in [3.05, 3.63) is 59.2 Å². The molecule has 0 saturated heterocycles. The first-order chi connectivity index (χ1) is 12.9. The number of anilines is 1. The zero-order valence-electron chi connectivity index (χ0n) is 15.4. The van der Waals surface area contributed by atoms with Gasteiger partial charge in [-0.2, -0.15) is 0 Å². The molecule has 2 aromatic rings. The number of rotatable bonds is 6. The van der Waals surface area contributed by atoms with Gasteiger partial charge in [0.1, 0.15) is 0 Å². The third-order valence-corrected chi connectivity index (χ3v) is 6.70. The molecule has 4 rings (SSSR count). The molecule has 142 valence electrons. The molecule has 1 aliphatic heterocycles. The number of amides is 1. The lowest BCUT2D eigenvalue weighted by Crippen LogP contribution is -2.30. The molecule has 2 aromatic carbocycles. The largest absolute Gasteiger partial charge is 0.312 e. The highest BCUT2D eigenvalue weighted by atomic mass is 32.2. The number of sulfonamides is 1. The van der Waals surface area contributed by atoms with E-state index in [-0.39, 0.29) is 16.7 Å². The molecular formula is C21H24N2O3S. The number of nitrogens with zero attached hydrogens (tertiary/aromatic N) is 1. The quantitative estimate of drug-likeness (QED) is 0.833. The van der Waals surface area contributed by atoms with Gasteiger partial charge in [-0.3, -0.25) is 4.79 Å². The van der Waals surface area contributed by atoms with E-state index < -0.39 is 10.0 Å². The van der Waals surface area contributed by atoms with Crippen molar-refractivity contribution in [1.82, 2.24) is 4.72 Å². The van der Waals surface area contributed by atoms with E-state index in [1.807, 2.05) is 30.0 Å². The monoisotopic (exact) mass is 384 g/mol. The van der Waals surface area contributed by atoms with Gasteiger partial charge in [0.25, 0.3) is 0 Å². The summed E-state index contributed by atoms with van der Waals surface area (Å²) in [5.74, 6) is 0.350. The minimum atomic E-state index is -3.56. The Bertz CT molecular complexity index is 981. The number of aryl methyl sites for hydroxylation is 1. The SMILES string of the molecule is Cc1cccc(CCNS(=O)(=O)c2ccc3c(c2)CCN3C(=O)C2CC2)c1. The van der Waals surface area contributed by atoms with Crippen LogP contribution in [0.2, 0.25) is 0 Å². The minimum absolute atomic E-state index is 0.169. The van der Waals surface area contributed by atoms with Crippen molar-refractivity contribution in [3.8, 4) is 0 Å². The van der Waals surface area contributed by atoms with E-state index in [9.17, 15) is 13.2 Å². The molecule has 0 unspecified atom stereocenters. The van der Waals surface area contributed by atoms with Crippen LogP contribution in [0.4, 0.5) is 5.69 Å². The summed E-state index contributed by atoms with van der Waals surface area (Å²) >= 11 is 0. The standard InChI is InChI=1S/C21H24N2O3S/c1-15-3-2-4-16(13-15)9-11-22-27(25,26)19-7-8-20-18(14-19)10-12-23(20)21(24)17-5-6-17/h2-4,7-8,13-14,17,22H,5-6,9-12H2,1H3. The van der Waals surface area contributed by atoms with Gasteiger partial charge < -0.3 is 4.90 Å². The van der Waals surface area contributed by atoms with E-state index >= 15 is 0 Å². The van der Waals surface area contributed by atoms with Gasteiger partial charge in [-0.25, -0.2) is 13.1 Å². The molecule has 1 heterocycles. The first-order valence-corrected chi connectivity index (χ1v) is 10.9. The smallest absolute Gasteiger partial charge is 0.240 e. The van der Waals surface area contributed by atoms with Crippen molar-refractivity contribution in [2.45, 2.75) is 37.5 Å². The third-order valence-electron chi connectivity index (χ3n) is 5.24. The zero-order chi connectivity index (χ0) is 19.0. The van der Waals surface area contributed by atoms with Crippen LogP contribution in [0.25, 0.3) is 0 Å². The molecule has 1 saturated carbocycles. The lowest BCUT2D eigenvalue weighted by molar-refractivity contribution is -0.119. The summed E-state index contributed by atoms with van der Waals surface area (Å²) in [5.41, 5.74) is 4.08. The van der Waals surface area contributed by atoms with Crippen molar-refractivity contribution in [3.63, 3.8) is 0 Å². The van der Waals surface area contributed by atoms with Gasteiger partial charge in [-0.15, -0.1) is 0 Å². The molecule has 1 aliphatic carbocycles. The van der Waals surface area contributed by atoms with Crippen LogP contribution in [0.5, 0.6) is 0 Å². The maximum Gasteiger partial charge on any atom is 0.240 e. The molecule has 0 radical (unpaired) electrons. The van der Waals surface area contributed by atoms with Crippen LogP contribution in [0.1, 0.15) is 29.5 Å². The van der Waals surface area contributed by atoms with Crippen molar-refractivity contribution in [2.24, 2.45) is 5.92 Å². The Balaban J connectivity index is 1.44. The minimum Gasteiger partial charge on any atom is -0.312 e. The summed E-state index contributed by atoms with van der Waals surface area (Å²) < 4.78 is 28.0. The van der Waals surface area contributed by atoms with Gasteiger partial charge in [-0.05, 0) is 61.9 Å². The Kier molecular flexibility index (Phi) is 4.78. The van der Waals surface area contributed by atoms with E-state index in [1.165, 1.54) is 5.56 Å². The van der Waals surface area contributed by atoms with Crippen LogP contribution in [-0.2, 0) is 27.7 Å². The summed E-state index contributed by atoms with van der Waals surface area (Å²) in [6.07, 6.45) is 3.31. The number of carbonyl (C=O) groups excluding carboxylic acids is 1. The Hall–Kier alpha value is -2.18. The van der Waals surface area contributed by atoms with Crippen molar-refractivity contribution in [1.29, 1.82) is 0 Å². The molecule has 1 amide bonds. The average Bonchev–Trinajstić information content (AvgIpc) is 3.40. The fourth-order valence-electron chi connectivity index (χ4n) is 3.61. The average molecular weight is 385 g/mol. The lowest BCUT2D eigenvalue weighted by atomic mass is 10.1. The van der Waals surface area contributed by atoms with Crippen LogP contribution >= 0.6 is 0 Å². The second-order valence-electron chi connectivity index (χ2n) is 7.44. The molecule has 0 atom stereocenters. The van der Waals surface area contributed by atoms with Gasteiger partial charge in [0, 0.05) is 24.7 Å². The molecule has 1 N–H and O–H groups in total. The fraction of sp³-hybridized carbons (Fsp3) is 0.381. The van der Waals surface area contributed by atoms with Crippen LogP contribution < -0.4 is 9.62 Å². The fourth-order valence-corrected chi connectivity index (χ4v) is 4.69. The molecule has 5 nitrogen and oxygen atoms in total. The van der Waals surface area contributed by atoms with Crippen LogP contribution in [0.3, 0.4) is 0 Å². The molecule has 0 bridgehead atoms. The maximum absolute atomic E-state index is 12.6. The molecule has 0 spiro atoms. The molecule has 2 aliphatic rings. The van der Waals surface area contributed by atoms with E-state index in [1.54, 1.807) is 18.2 Å². The van der Waals surface area contributed by atoms with Crippen LogP contribution in [0, 0.1) is 12.8 Å². The third kappa shape index (κ3) is 3.92. The highest BCUT2D eigenvalue weighted by Crippen LogP contribution is 2.37. The first kappa shape index (κ1) is 18.2. The summed E-state index contributed by atoms with van der Waals surface area (Å²) in [6, 6.07) is 13.2. The van der Waals surface area contributed by atoms with E-state index in [4.69, 9.17) is 0 Å². The van der Waals surface area contributed by atoms with Gasteiger partial charge in [0.15, 0.2) is 0 Å². The van der Waals surface area contributed by atoms with E-state index in [2.05, 4.69) is 10.8 Å². The summed E-state index contributed by atoms with van der Waals surface area (Å²) in [5, 5.41) is 0. The predicted molar refractivity (Wildman–Crippen MR) is 105 cm³/mol. The topological polar surface area (TPSA) is 66.5 Å². The van der Waals surface area contributed by atoms with Gasteiger partial charge in [0.05, 0.1) is 4.90 Å². The first-order valence-electron chi connectivity index (χ1n) is 9.43. The number of hydrogen-bond acceptors (Lipinski definition) is 3. The number of nitrogens with one attached hydrogen (secondary N) is 1. The lowest BCUT2D eigenvalue weighted by Gasteiger charge is -2.17. The zero-order valence-corrected chi connectivity index (χ0v) is 16.3. The summed E-state index contributed by atoms with van der Waals surface area (Å²) in [4.78, 5) is 14.4. The number of hydrogen-bond donors (Lipinski definition) is 1. The van der Waals surface area contributed by atoms with Gasteiger partial charge in [-0.1, -0.05) is 29.8 Å². The Morgan fingerprint density at radius 1 is 1.19 bits per heavy atom. The van der Waals surface area contributed by atoms with E-state index in [0.717, 1.165) is 29.7 Å². The normalized spacial score (nSPS) is 16.4. The number of benzene rings is 2. The van der Waals surface area contributed by atoms with Gasteiger partial charge in [0.2, 0.25) is 15.9 Å². The molecule has 6 heteroatoms. The van der Waals surface area contributed by atoms with Crippen molar-refractivity contribution >= 4 is 21.6 Å². The van der Waals surface area contributed by atoms with Crippen LogP contribution in [0.15, 0.2) is 47.4 Å². The molecule has 0 aromatic heterocycles. The maximum atomic E-state index is 12.6. The molecular weight excluding hydrogens is 360 g/mol. The second kappa shape index (κ2) is 7.09. The Morgan fingerprint density at radius 3 is 2.74 bits per heavy atom. The Morgan fingerprint density at radius 2 is 2.00 bits per heavy atom. The van der Waals surface area contributed by atoms with Crippen molar-refractivity contribution in [2.75, 3.05) is 18.0 Å². The highest BCUT2D eigenvalue weighted by molar-refractivity contribution is 7.89. The predicted octanol–water partition coefficient (Wildman–Crippen LogP) is 2.82. The Labute approximate surface area is 160 Å². The molecule has 1 fully saturated rings. The van der Waals surface area contributed by atoms with Crippen molar-refractivity contribution < 1.29 is 13.2 Å². The molecule has 27 heavy (non-hydrogen) atoms. The van der Waals surface area contributed by atoms with E-state index in [0.29, 0.717) is 25.9 Å². The van der Waals surface area contributed by atoms with Crippen LogP contribution in [-0.4, -0.2) is 27.4 Å². The number of fused-ring (bicyclic) bond motifs is 1. The highest BCUT2D eigenvalue weighted by Gasteiger charge is 2.36. The van der Waals surface area contributed by atoms with Gasteiger partial charge >= 0.3 is 0 Å². The summed E-state index contributed by atoms with van der Waals surface area (Å²) in [7, 11) is -3.56. The number of carbonyl (C=O) groups is 1.